The molecular weight excluding hydrogens is 222 g/mol. The zero-order valence-corrected chi connectivity index (χ0v) is 9.42. The number of ether oxygens (including phenoxy) is 1. The van der Waals surface area contributed by atoms with Gasteiger partial charge in [-0.1, -0.05) is 18.2 Å². The van der Waals surface area contributed by atoms with Gasteiger partial charge in [-0.15, -0.1) is 0 Å². The molecule has 0 bridgehead atoms. The Morgan fingerprint density at radius 1 is 1.47 bits per heavy atom. The van der Waals surface area contributed by atoms with E-state index in [0.717, 1.165) is 0 Å². The lowest BCUT2D eigenvalue weighted by molar-refractivity contribution is -0.138. The number of hydrogen-bond donors (Lipinski definition) is 1. The van der Waals surface area contributed by atoms with Crippen LogP contribution in [0.15, 0.2) is 24.3 Å². The average molecular weight is 235 g/mol. The summed E-state index contributed by atoms with van der Waals surface area (Å²) < 4.78 is 4.79. The summed E-state index contributed by atoms with van der Waals surface area (Å²) in [5.41, 5.74) is 1.35. The molecule has 90 valence electrons. The molecule has 5 nitrogen and oxygen atoms in total. The Morgan fingerprint density at radius 2 is 2.18 bits per heavy atom. The molecule has 1 aliphatic rings. The number of hydrogen-bond acceptors (Lipinski definition) is 3. The van der Waals surface area contributed by atoms with E-state index in [-0.39, 0.29) is 19.1 Å². The molecule has 5 heteroatoms. The maximum atomic E-state index is 11.8. The molecule has 1 atom stereocenters. The third kappa shape index (κ3) is 2.01. The van der Waals surface area contributed by atoms with Crippen LogP contribution < -0.4 is 4.90 Å². The predicted molar refractivity (Wildman–Crippen MR) is 61.0 cm³/mol. The summed E-state index contributed by atoms with van der Waals surface area (Å²) in [7, 11) is 1.44. The molecule has 1 aliphatic heterocycles. The number of carbonyl (C=O) groups is 2. The quantitative estimate of drug-likeness (QED) is 0.843. The van der Waals surface area contributed by atoms with Crippen molar-refractivity contribution in [1.82, 2.24) is 0 Å². The molecule has 2 rings (SSSR count). The number of amides is 1. The SMILES string of the molecule is COCC(=O)N1C[C@H](C(=O)O)c2ccccc21. The first-order valence-corrected chi connectivity index (χ1v) is 5.26. The number of methoxy groups -OCH3 is 1. The second-order valence-corrected chi connectivity index (χ2v) is 3.89. The summed E-state index contributed by atoms with van der Waals surface area (Å²) in [5, 5.41) is 9.12. The van der Waals surface area contributed by atoms with Crippen molar-refractivity contribution in [3.8, 4) is 0 Å². The summed E-state index contributed by atoms with van der Waals surface area (Å²) in [6.07, 6.45) is 0. The second kappa shape index (κ2) is 4.55. The average Bonchev–Trinajstić information content (AvgIpc) is 2.69. The number of carboxylic acid groups (broad SMARTS) is 1. The Hall–Kier alpha value is -1.88. The Labute approximate surface area is 98.6 Å². The van der Waals surface area contributed by atoms with Crippen LogP contribution in [0.3, 0.4) is 0 Å². The van der Waals surface area contributed by atoms with E-state index in [1.54, 1.807) is 24.3 Å². The summed E-state index contributed by atoms with van der Waals surface area (Å²) in [4.78, 5) is 24.4. The molecule has 0 unspecified atom stereocenters. The summed E-state index contributed by atoms with van der Waals surface area (Å²) in [6.45, 7) is 0.136. The number of carbonyl (C=O) groups excluding carboxylic acids is 1. The van der Waals surface area contributed by atoms with E-state index in [2.05, 4.69) is 0 Å². The minimum atomic E-state index is -0.912. The van der Waals surface area contributed by atoms with Crippen LogP contribution in [-0.2, 0) is 14.3 Å². The highest BCUT2D eigenvalue weighted by molar-refractivity contribution is 5.99. The normalized spacial score (nSPS) is 17.9. The fourth-order valence-electron chi connectivity index (χ4n) is 2.06. The number of rotatable bonds is 3. The predicted octanol–water partition coefficient (Wildman–Crippen LogP) is 0.848. The van der Waals surface area contributed by atoms with Gasteiger partial charge in [-0.2, -0.15) is 0 Å². The van der Waals surface area contributed by atoms with E-state index in [4.69, 9.17) is 9.84 Å². The topological polar surface area (TPSA) is 66.8 Å². The van der Waals surface area contributed by atoms with Crippen molar-refractivity contribution < 1.29 is 19.4 Å². The van der Waals surface area contributed by atoms with Gasteiger partial charge in [0.2, 0.25) is 0 Å². The number of anilines is 1. The monoisotopic (exact) mass is 235 g/mol. The van der Waals surface area contributed by atoms with Crippen molar-refractivity contribution in [2.45, 2.75) is 5.92 Å². The van der Waals surface area contributed by atoms with E-state index in [1.165, 1.54) is 12.0 Å². The molecule has 0 radical (unpaired) electrons. The van der Waals surface area contributed by atoms with Crippen LogP contribution >= 0.6 is 0 Å². The van der Waals surface area contributed by atoms with Gasteiger partial charge in [0.05, 0.1) is 0 Å². The van der Waals surface area contributed by atoms with Crippen molar-refractivity contribution in [1.29, 1.82) is 0 Å². The Kier molecular flexibility index (Phi) is 3.10. The molecule has 0 spiro atoms. The highest BCUT2D eigenvalue weighted by Gasteiger charge is 2.35. The molecule has 0 saturated heterocycles. The van der Waals surface area contributed by atoms with E-state index >= 15 is 0 Å². The molecule has 0 fully saturated rings. The first-order chi connectivity index (χ1) is 8.15. The largest absolute Gasteiger partial charge is 0.481 e. The van der Waals surface area contributed by atoms with E-state index in [0.29, 0.717) is 11.3 Å². The zero-order chi connectivity index (χ0) is 12.4. The summed E-state index contributed by atoms with van der Waals surface area (Å²) in [5.74, 6) is -1.78. The second-order valence-electron chi connectivity index (χ2n) is 3.89. The van der Waals surface area contributed by atoms with Crippen molar-refractivity contribution >= 4 is 17.6 Å². The van der Waals surface area contributed by atoms with Crippen LogP contribution in [0.25, 0.3) is 0 Å². The van der Waals surface area contributed by atoms with Crippen molar-refractivity contribution in [2.75, 3.05) is 25.2 Å². The highest BCUT2D eigenvalue weighted by Crippen LogP contribution is 2.36. The van der Waals surface area contributed by atoms with Crippen LogP contribution in [-0.4, -0.2) is 37.2 Å². The lowest BCUT2D eigenvalue weighted by Gasteiger charge is -2.16. The molecule has 0 aliphatic carbocycles. The van der Waals surface area contributed by atoms with E-state index < -0.39 is 11.9 Å². The minimum Gasteiger partial charge on any atom is -0.481 e. The van der Waals surface area contributed by atoms with Gasteiger partial charge in [-0.05, 0) is 11.6 Å². The number of para-hydroxylation sites is 1. The van der Waals surface area contributed by atoms with Gasteiger partial charge in [-0.25, -0.2) is 0 Å². The molecule has 17 heavy (non-hydrogen) atoms. The molecule has 1 aromatic carbocycles. The fraction of sp³-hybridized carbons (Fsp3) is 0.333. The van der Waals surface area contributed by atoms with Gasteiger partial charge in [0.1, 0.15) is 12.5 Å². The Balaban J connectivity index is 2.34. The van der Waals surface area contributed by atoms with Crippen molar-refractivity contribution in [2.24, 2.45) is 0 Å². The first-order valence-electron chi connectivity index (χ1n) is 5.26. The number of fused-ring (bicyclic) bond motifs is 1. The van der Waals surface area contributed by atoms with Crippen LogP contribution in [0.5, 0.6) is 0 Å². The smallest absolute Gasteiger partial charge is 0.312 e. The summed E-state index contributed by atoms with van der Waals surface area (Å²) in [6, 6.07) is 7.06. The van der Waals surface area contributed by atoms with Crippen LogP contribution in [0.2, 0.25) is 0 Å². The van der Waals surface area contributed by atoms with Gasteiger partial charge in [0.15, 0.2) is 0 Å². The van der Waals surface area contributed by atoms with Gasteiger partial charge in [0.25, 0.3) is 5.91 Å². The molecule has 1 amide bonds. The van der Waals surface area contributed by atoms with E-state index in [9.17, 15) is 9.59 Å². The van der Waals surface area contributed by atoms with Crippen LogP contribution in [0, 0.1) is 0 Å². The first kappa shape index (κ1) is 11.6. The standard InChI is InChI=1S/C12H13NO4/c1-17-7-11(14)13-6-9(12(15)16)8-4-2-3-5-10(8)13/h2-5,9H,6-7H2,1H3,(H,15,16)/t9-/m0/s1. The van der Waals surface area contributed by atoms with Crippen LogP contribution in [0.1, 0.15) is 11.5 Å². The Bertz CT molecular complexity index is 458. The maximum Gasteiger partial charge on any atom is 0.312 e. The van der Waals surface area contributed by atoms with Gasteiger partial charge in [0, 0.05) is 19.3 Å². The van der Waals surface area contributed by atoms with E-state index in [1.807, 2.05) is 0 Å². The lowest BCUT2D eigenvalue weighted by Crippen LogP contribution is -2.33. The minimum absolute atomic E-state index is 0.0410. The highest BCUT2D eigenvalue weighted by atomic mass is 16.5. The lowest BCUT2D eigenvalue weighted by atomic mass is 10.0. The number of nitrogens with zero attached hydrogens (tertiary/aromatic N) is 1. The third-order valence-corrected chi connectivity index (χ3v) is 2.84. The number of benzene rings is 1. The van der Waals surface area contributed by atoms with Gasteiger partial charge >= 0.3 is 5.97 Å². The third-order valence-electron chi connectivity index (χ3n) is 2.84. The molecular formula is C12H13NO4. The number of carboxylic acids is 1. The summed E-state index contributed by atoms with van der Waals surface area (Å²) >= 11 is 0. The van der Waals surface area contributed by atoms with Crippen molar-refractivity contribution in [3.05, 3.63) is 29.8 Å². The zero-order valence-electron chi connectivity index (χ0n) is 9.42. The molecule has 0 saturated carbocycles. The fourth-order valence-corrected chi connectivity index (χ4v) is 2.06. The van der Waals surface area contributed by atoms with Crippen LogP contribution in [0.4, 0.5) is 5.69 Å². The van der Waals surface area contributed by atoms with Crippen molar-refractivity contribution in [3.63, 3.8) is 0 Å². The molecule has 0 aromatic heterocycles. The molecule has 1 N–H and O–H groups in total. The van der Waals surface area contributed by atoms with Gasteiger partial charge < -0.3 is 14.7 Å². The molecule has 1 heterocycles. The van der Waals surface area contributed by atoms with Gasteiger partial charge in [-0.3, -0.25) is 9.59 Å². The number of aliphatic carboxylic acids is 1. The maximum absolute atomic E-state index is 11.8. The molecule has 1 aromatic rings. The Morgan fingerprint density at radius 3 is 2.82 bits per heavy atom.